The minimum absolute atomic E-state index is 0.237. The number of nitrogens with two attached hydrogens (primary N) is 1. The number of hydrogen-bond donors (Lipinski definition) is 1. The van der Waals surface area contributed by atoms with Crippen LogP contribution in [0.5, 0.6) is 0 Å². The van der Waals surface area contributed by atoms with Crippen molar-refractivity contribution in [2.24, 2.45) is 23.0 Å². The lowest BCUT2D eigenvalue weighted by atomic mass is 9.78. The third-order valence-electron chi connectivity index (χ3n) is 6.37. The molecule has 1 unspecified atom stereocenters. The largest absolute Gasteiger partial charge is 0.374 e. The molecule has 2 rings (SSSR count). The molecule has 2 aliphatic heterocycles. The molecule has 5 atom stereocenters. The third kappa shape index (κ3) is 6.70. The van der Waals surface area contributed by atoms with Gasteiger partial charge in [-0.2, -0.15) is 0 Å². The molecule has 0 aromatic heterocycles. The first kappa shape index (κ1) is 22.6. The first-order valence-corrected chi connectivity index (χ1v) is 12.3. The van der Waals surface area contributed by atoms with Gasteiger partial charge in [0.2, 0.25) is 5.91 Å². The van der Waals surface area contributed by atoms with Gasteiger partial charge in [0.25, 0.3) is 0 Å². The molecule has 1 amide bonds. The van der Waals surface area contributed by atoms with Crippen LogP contribution >= 0.6 is 0 Å². The molecule has 156 valence electrons. The average molecular weight is 398 g/mol. The number of hydrogen-bond acceptors (Lipinski definition) is 3. The summed E-state index contributed by atoms with van der Waals surface area (Å²) < 4.78 is 18.7. The summed E-state index contributed by atoms with van der Waals surface area (Å²) in [7, 11) is -0.717. The highest BCUT2D eigenvalue weighted by Crippen LogP contribution is 2.45. The lowest BCUT2D eigenvalue weighted by molar-refractivity contribution is -0.126. The van der Waals surface area contributed by atoms with Crippen LogP contribution in [0.3, 0.4) is 0 Å². The van der Waals surface area contributed by atoms with Crippen molar-refractivity contribution in [3.63, 3.8) is 0 Å². The predicted octanol–water partition coefficient (Wildman–Crippen LogP) is 4.35. The van der Waals surface area contributed by atoms with Gasteiger partial charge in [0, 0.05) is 33.6 Å². The number of fused-ring (bicyclic) bond motifs is 2. The number of carbonyl (C=O) groups excluding carboxylic acids is 1. The number of ether oxygens (including phenoxy) is 1. The van der Waals surface area contributed by atoms with Gasteiger partial charge in [-0.3, -0.25) is 9.00 Å². The first-order chi connectivity index (χ1) is 12.8. The van der Waals surface area contributed by atoms with Crippen LogP contribution in [-0.2, 0) is 20.3 Å². The van der Waals surface area contributed by atoms with Gasteiger partial charge in [-0.05, 0) is 44.4 Å². The standard InChI is InChI=1S/C22H39NO3S/c1-4-5-6-10-15-27(25)16-18-17(19-12-13-20(18)26-19)11-8-7-9-14-22(2,3)21(23)24/h7-8,17-20H,4-6,9-16H2,1-3H3,(H2,23,24)/t17-,18+,19-,20+,27?/m0/s1. The van der Waals surface area contributed by atoms with Crippen LogP contribution < -0.4 is 5.73 Å². The minimum atomic E-state index is -0.717. The lowest BCUT2D eigenvalue weighted by Crippen LogP contribution is -2.31. The molecule has 0 aliphatic carbocycles. The Balaban J connectivity index is 1.77. The van der Waals surface area contributed by atoms with E-state index in [4.69, 9.17) is 10.5 Å². The van der Waals surface area contributed by atoms with Crippen molar-refractivity contribution in [2.45, 2.75) is 90.8 Å². The molecule has 0 aromatic rings. The molecule has 0 spiro atoms. The summed E-state index contributed by atoms with van der Waals surface area (Å²) >= 11 is 0. The quantitative estimate of drug-likeness (QED) is 0.371. The summed E-state index contributed by atoms with van der Waals surface area (Å²) in [6.45, 7) is 6.01. The van der Waals surface area contributed by atoms with E-state index in [2.05, 4.69) is 19.1 Å². The number of rotatable bonds is 13. The van der Waals surface area contributed by atoms with E-state index in [0.29, 0.717) is 24.0 Å². The maximum absolute atomic E-state index is 12.5. The summed E-state index contributed by atoms with van der Waals surface area (Å²) in [6, 6.07) is 0. The zero-order valence-corrected chi connectivity index (χ0v) is 18.3. The monoisotopic (exact) mass is 397 g/mol. The minimum Gasteiger partial charge on any atom is -0.374 e. The summed E-state index contributed by atoms with van der Waals surface area (Å²) in [5.74, 6) is 2.36. The van der Waals surface area contributed by atoms with Gasteiger partial charge in [0.1, 0.15) is 0 Å². The Labute approximate surface area is 168 Å². The Kier molecular flexibility index (Phi) is 9.00. The van der Waals surface area contributed by atoms with Crippen molar-refractivity contribution in [3.8, 4) is 0 Å². The van der Waals surface area contributed by atoms with Crippen LogP contribution in [-0.4, -0.2) is 33.8 Å². The second-order valence-corrected chi connectivity index (χ2v) is 10.6. The van der Waals surface area contributed by atoms with Crippen molar-refractivity contribution >= 4 is 16.7 Å². The molecule has 2 aliphatic rings. The number of primary amides is 1. The molecule has 27 heavy (non-hydrogen) atoms. The second-order valence-electron chi connectivity index (χ2n) is 8.98. The van der Waals surface area contributed by atoms with Crippen LogP contribution in [0.1, 0.15) is 78.6 Å². The summed E-state index contributed by atoms with van der Waals surface area (Å²) in [6.07, 6.45) is 14.8. The Morgan fingerprint density at radius 3 is 2.52 bits per heavy atom. The van der Waals surface area contributed by atoms with Crippen LogP contribution in [0, 0.1) is 17.3 Å². The molecule has 2 heterocycles. The Hall–Kier alpha value is -0.680. The fourth-order valence-electron chi connectivity index (χ4n) is 4.35. The molecule has 0 aromatic carbocycles. The smallest absolute Gasteiger partial charge is 0.223 e. The molecule has 2 saturated heterocycles. The topological polar surface area (TPSA) is 69.4 Å². The molecular weight excluding hydrogens is 358 g/mol. The van der Waals surface area contributed by atoms with E-state index < -0.39 is 16.2 Å². The van der Waals surface area contributed by atoms with Crippen molar-refractivity contribution in [3.05, 3.63) is 12.2 Å². The average Bonchev–Trinajstić information content (AvgIpc) is 3.20. The first-order valence-electron chi connectivity index (χ1n) is 10.8. The zero-order chi connectivity index (χ0) is 19.9. The summed E-state index contributed by atoms with van der Waals surface area (Å²) in [5.41, 5.74) is 4.99. The maximum Gasteiger partial charge on any atom is 0.223 e. The second kappa shape index (κ2) is 10.8. The summed E-state index contributed by atoms with van der Waals surface area (Å²) in [5, 5.41) is 0. The Morgan fingerprint density at radius 1 is 1.15 bits per heavy atom. The van der Waals surface area contributed by atoms with Crippen molar-refractivity contribution in [2.75, 3.05) is 11.5 Å². The third-order valence-corrected chi connectivity index (χ3v) is 7.87. The van der Waals surface area contributed by atoms with Crippen LogP contribution in [0.2, 0.25) is 0 Å². The van der Waals surface area contributed by atoms with E-state index in [1.54, 1.807) is 0 Å². The van der Waals surface area contributed by atoms with E-state index in [0.717, 1.165) is 50.0 Å². The molecule has 2 bridgehead atoms. The van der Waals surface area contributed by atoms with Crippen molar-refractivity contribution < 1.29 is 13.7 Å². The van der Waals surface area contributed by atoms with E-state index >= 15 is 0 Å². The fourth-order valence-corrected chi connectivity index (χ4v) is 5.94. The Morgan fingerprint density at radius 2 is 1.85 bits per heavy atom. The van der Waals surface area contributed by atoms with Crippen LogP contribution in [0.15, 0.2) is 12.2 Å². The van der Waals surface area contributed by atoms with Gasteiger partial charge in [0.15, 0.2) is 0 Å². The van der Waals surface area contributed by atoms with Gasteiger partial charge in [-0.15, -0.1) is 0 Å². The normalized spacial score (nSPS) is 28.9. The number of carbonyl (C=O) groups is 1. The Bertz CT molecular complexity index is 532. The maximum atomic E-state index is 12.5. The zero-order valence-electron chi connectivity index (χ0n) is 17.5. The van der Waals surface area contributed by atoms with E-state index in [1.165, 1.54) is 19.3 Å². The fraction of sp³-hybridized carbons (Fsp3) is 0.864. The highest BCUT2D eigenvalue weighted by atomic mass is 32.2. The van der Waals surface area contributed by atoms with Crippen molar-refractivity contribution in [1.82, 2.24) is 0 Å². The van der Waals surface area contributed by atoms with Crippen molar-refractivity contribution in [1.29, 1.82) is 0 Å². The van der Waals surface area contributed by atoms with E-state index in [1.807, 2.05) is 13.8 Å². The highest BCUT2D eigenvalue weighted by molar-refractivity contribution is 7.84. The van der Waals surface area contributed by atoms with Crippen LogP contribution in [0.25, 0.3) is 0 Å². The van der Waals surface area contributed by atoms with Gasteiger partial charge in [0.05, 0.1) is 12.2 Å². The predicted molar refractivity (Wildman–Crippen MR) is 113 cm³/mol. The molecule has 4 nitrogen and oxygen atoms in total. The van der Waals surface area contributed by atoms with Gasteiger partial charge < -0.3 is 10.5 Å². The lowest BCUT2D eigenvalue weighted by Gasteiger charge is -2.27. The molecule has 2 N–H and O–H groups in total. The highest BCUT2D eigenvalue weighted by Gasteiger charge is 2.48. The van der Waals surface area contributed by atoms with Gasteiger partial charge in [-0.1, -0.05) is 52.2 Å². The molecule has 2 fully saturated rings. The van der Waals surface area contributed by atoms with Gasteiger partial charge >= 0.3 is 0 Å². The van der Waals surface area contributed by atoms with E-state index in [9.17, 15) is 9.00 Å². The number of amides is 1. The molecule has 0 saturated carbocycles. The van der Waals surface area contributed by atoms with Gasteiger partial charge in [-0.25, -0.2) is 0 Å². The van der Waals surface area contributed by atoms with E-state index in [-0.39, 0.29) is 5.91 Å². The molecule has 0 radical (unpaired) electrons. The number of allylic oxidation sites excluding steroid dienone is 2. The summed E-state index contributed by atoms with van der Waals surface area (Å²) in [4.78, 5) is 11.4. The SMILES string of the molecule is CCCCCCS(=O)C[C@@H]1[C@H](CC=CCCC(C)(C)C(N)=O)[C@@H]2CC[C@H]1O2. The molecular formula is C22H39NO3S. The molecule has 5 heteroatoms. The number of unbranched alkanes of at least 4 members (excludes halogenated alkanes) is 3. The van der Waals surface area contributed by atoms with Crippen LogP contribution in [0.4, 0.5) is 0 Å².